The van der Waals surface area contributed by atoms with Crippen molar-refractivity contribution in [2.45, 2.75) is 32.2 Å². The van der Waals surface area contributed by atoms with E-state index in [-0.39, 0.29) is 6.04 Å². The van der Waals surface area contributed by atoms with E-state index in [1.807, 2.05) is 59.9 Å². The number of fused-ring (bicyclic) bond motifs is 3. The molecule has 9 heteroatoms. The van der Waals surface area contributed by atoms with Crippen molar-refractivity contribution in [3.8, 4) is 11.5 Å². The molecule has 3 aromatic carbocycles. The number of nitrogens with one attached hydrogen (secondary N) is 1. The lowest BCUT2D eigenvalue weighted by Gasteiger charge is -2.35. The molecule has 0 saturated carbocycles. The Morgan fingerprint density at radius 3 is 2.60 bits per heavy atom. The van der Waals surface area contributed by atoms with Crippen LogP contribution in [-0.4, -0.2) is 46.9 Å². The Bertz CT molecular complexity index is 1620. The summed E-state index contributed by atoms with van der Waals surface area (Å²) in [5.74, 6) is 1.72. The maximum atomic E-state index is 13.5. The molecule has 3 heterocycles. The van der Waals surface area contributed by atoms with E-state index in [0.717, 1.165) is 52.9 Å². The average Bonchev–Trinajstić information content (AvgIpc) is 3.23. The molecule has 0 bridgehead atoms. The topological polar surface area (TPSA) is 70.2 Å². The average molecular weight is 604 g/mol. The number of amides is 1. The summed E-state index contributed by atoms with van der Waals surface area (Å²) in [6.07, 6.45) is 8.25. The first-order chi connectivity index (χ1) is 20.4. The van der Waals surface area contributed by atoms with Crippen molar-refractivity contribution in [1.29, 1.82) is 0 Å². The summed E-state index contributed by atoms with van der Waals surface area (Å²) in [6.45, 7) is 4.04. The van der Waals surface area contributed by atoms with Gasteiger partial charge in [-0.2, -0.15) is 5.10 Å². The number of ether oxygens (including phenoxy) is 2. The summed E-state index contributed by atoms with van der Waals surface area (Å²) in [7, 11) is 0. The molecule has 1 amide bonds. The number of nitrogens with zero attached hydrogens (tertiary/aromatic N) is 3. The molecule has 0 radical (unpaired) electrons. The zero-order chi connectivity index (χ0) is 29.1. The van der Waals surface area contributed by atoms with Crippen LogP contribution in [-0.2, 0) is 6.42 Å². The SMILES string of the molecule is CC1C=CN(CCCOc2ccc(C3c4[nH]c5ccc(Cl)cc5c4CCN3C(=O)Oc3ccc(Cl)cc3)cc2)N=CC1. The molecule has 2 aliphatic heterocycles. The zero-order valence-corrected chi connectivity index (χ0v) is 24.8. The van der Waals surface area contributed by atoms with Crippen LogP contribution in [0.3, 0.4) is 0 Å². The highest BCUT2D eigenvalue weighted by molar-refractivity contribution is 6.31. The van der Waals surface area contributed by atoms with Gasteiger partial charge in [-0.3, -0.25) is 9.91 Å². The van der Waals surface area contributed by atoms with E-state index in [0.29, 0.717) is 41.3 Å². The normalized spacial score (nSPS) is 18.2. The van der Waals surface area contributed by atoms with E-state index >= 15 is 0 Å². The number of hydrazone groups is 1. The van der Waals surface area contributed by atoms with Gasteiger partial charge in [-0.1, -0.05) is 48.3 Å². The van der Waals surface area contributed by atoms with E-state index in [1.54, 1.807) is 29.2 Å². The number of hydrogen-bond donors (Lipinski definition) is 1. The molecule has 0 aliphatic carbocycles. The lowest BCUT2D eigenvalue weighted by molar-refractivity contribution is 0.135. The van der Waals surface area contributed by atoms with Crippen LogP contribution in [0.1, 0.15) is 42.6 Å². The molecule has 2 unspecified atom stereocenters. The standard InChI is InChI=1S/C33H32Cl2N4O3/c1-22-13-16-36-38(18-14-22)17-2-20-41-26-8-3-23(4-9-26)32-31-28(29-21-25(35)7-12-30(29)37-31)15-19-39(32)33(40)42-27-10-5-24(34)6-11-27/h3-12,14,16,18,21-22,32,37H,2,13,15,17,19-20H2,1H3. The Kier molecular flexibility index (Phi) is 8.40. The summed E-state index contributed by atoms with van der Waals surface area (Å²) >= 11 is 12.4. The molecule has 42 heavy (non-hydrogen) atoms. The molecule has 7 nitrogen and oxygen atoms in total. The summed E-state index contributed by atoms with van der Waals surface area (Å²) in [5.41, 5.74) is 4.06. The fourth-order valence-electron chi connectivity index (χ4n) is 5.44. The third-order valence-corrected chi connectivity index (χ3v) is 8.12. The van der Waals surface area contributed by atoms with E-state index < -0.39 is 6.09 Å². The molecule has 2 aliphatic rings. The zero-order valence-electron chi connectivity index (χ0n) is 23.3. The predicted octanol–water partition coefficient (Wildman–Crippen LogP) is 8.23. The fourth-order valence-corrected chi connectivity index (χ4v) is 5.74. The largest absolute Gasteiger partial charge is 0.494 e. The first-order valence-corrected chi connectivity index (χ1v) is 14.9. The van der Waals surface area contributed by atoms with Gasteiger partial charge >= 0.3 is 6.09 Å². The Labute approximate surface area is 255 Å². The molecule has 2 atom stereocenters. The van der Waals surface area contributed by atoms with Crippen molar-refractivity contribution in [3.63, 3.8) is 0 Å². The molecule has 0 spiro atoms. The Morgan fingerprint density at radius 1 is 1.02 bits per heavy atom. The second-order valence-corrected chi connectivity index (χ2v) is 11.5. The van der Waals surface area contributed by atoms with Gasteiger partial charge in [-0.15, -0.1) is 0 Å². The molecule has 0 saturated heterocycles. The summed E-state index contributed by atoms with van der Waals surface area (Å²) < 4.78 is 11.8. The van der Waals surface area contributed by atoms with Gasteiger partial charge < -0.3 is 14.5 Å². The fraction of sp³-hybridized carbons (Fsp3) is 0.273. The number of benzene rings is 3. The number of aromatic amines is 1. The summed E-state index contributed by atoms with van der Waals surface area (Å²) in [5, 5.41) is 8.78. The van der Waals surface area contributed by atoms with Crippen LogP contribution in [0, 0.1) is 5.92 Å². The van der Waals surface area contributed by atoms with Gasteiger partial charge in [0.2, 0.25) is 0 Å². The minimum atomic E-state index is -0.426. The lowest BCUT2D eigenvalue weighted by atomic mass is 9.92. The second-order valence-electron chi connectivity index (χ2n) is 10.7. The number of aromatic nitrogens is 1. The maximum absolute atomic E-state index is 13.5. The van der Waals surface area contributed by atoms with E-state index in [2.05, 4.69) is 23.1 Å². The Balaban J connectivity index is 1.20. The summed E-state index contributed by atoms with van der Waals surface area (Å²) in [4.78, 5) is 18.8. The molecule has 1 N–H and O–H groups in total. The molecule has 4 aromatic rings. The minimum absolute atomic E-state index is 0.371. The monoisotopic (exact) mass is 602 g/mol. The van der Waals surface area contributed by atoms with E-state index in [4.69, 9.17) is 32.7 Å². The van der Waals surface area contributed by atoms with Gasteiger partial charge in [0.05, 0.1) is 6.61 Å². The molecular weight excluding hydrogens is 571 g/mol. The molecular formula is C33H32Cl2N4O3. The maximum Gasteiger partial charge on any atom is 0.416 e. The number of rotatable bonds is 7. The Hall–Kier alpha value is -3.94. The first kappa shape index (κ1) is 28.2. The van der Waals surface area contributed by atoms with Crippen molar-refractivity contribution < 1.29 is 14.3 Å². The highest BCUT2D eigenvalue weighted by Crippen LogP contribution is 2.40. The van der Waals surface area contributed by atoms with Crippen LogP contribution in [0.5, 0.6) is 11.5 Å². The molecule has 0 fully saturated rings. The number of hydrogen-bond acceptors (Lipinski definition) is 5. The van der Waals surface area contributed by atoms with Gasteiger partial charge in [0.15, 0.2) is 0 Å². The van der Waals surface area contributed by atoms with Crippen LogP contribution in [0.4, 0.5) is 4.79 Å². The number of H-pyrrole nitrogens is 1. The number of allylic oxidation sites excluding steroid dienone is 1. The highest BCUT2D eigenvalue weighted by atomic mass is 35.5. The van der Waals surface area contributed by atoms with Crippen molar-refractivity contribution in [3.05, 3.63) is 106 Å². The van der Waals surface area contributed by atoms with Crippen LogP contribution in [0.25, 0.3) is 10.9 Å². The lowest BCUT2D eigenvalue weighted by Crippen LogP contribution is -2.42. The predicted molar refractivity (Wildman–Crippen MR) is 168 cm³/mol. The van der Waals surface area contributed by atoms with Gasteiger partial charge in [0, 0.05) is 58.6 Å². The molecule has 1 aromatic heterocycles. The quantitative estimate of drug-likeness (QED) is 0.216. The first-order valence-electron chi connectivity index (χ1n) is 14.2. The second kappa shape index (κ2) is 12.5. The third-order valence-electron chi connectivity index (χ3n) is 7.63. The van der Waals surface area contributed by atoms with Crippen molar-refractivity contribution in [1.82, 2.24) is 14.9 Å². The van der Waals surface area contributed by atoms with E-state index in [1.165, 1.54) is 0 Å². The van der Waals surface area contributed by atoms with Crippen molar-refractivity contribution in [2.75, 3.05) is 19.7 Å². The Morgan fingerprint density at radius 2 is 1.79 bits per heavy atom. The molecule has 6 rings (SSSR count). The summed E-state index contributed by atoms with van der Waals surface area (Å²) in [6, 6.07) is 20.2. The van der Waals surface area contributed by atoms with Crippen LogP contribution in [0.15, 0.2) is 84.1 Å². The van der Waals surface area contributed by atoms with Crippen molar-refractivity contribution >= 4 is 46.4 Å². The third kappa shape index (κ3) is 6.27. The highest BCUT2D eigenvalue weighted by Gasteiger charge is 2.35. The van der Waals surface area contributed by atoms with Gasteiger partial charge in [0.25, 0.3) is 0 Å². The van der Waals surface area contributed by atoms with Crippen LogP contribution >= 0.6 is 23.2 Å². The van der Waals surface area contributed by atoms with Gasteiger partial charge in [-0.05, 0) is 84.5 Å². The van der Waals surface area contributed by atoms with Crippen LogP contribution < -0.4 is 9.47 Å². The number of carbonyl (C=O) groups is 1. The minimum Gasteiger partial charge on any atom is -0.494 e. The van der Waals surface area contributed by atoms with E-state index in [9.17, 15) is 4.79 Å². The van der Waals surface area contributed by atoms with Crippen LogP contribution in [0.2, 0.25) is 10.0 Å². The van der Waals surface area contributed by atoms with Crippen molar-refractivity contribution in [2.24, 2.45) is 11.0 Å². The number of carbonyl (C=O) groups excluding carboxylic acids is 1. The van der Waals surface area contributed by atoms with Gasteiger partial charge in [-0.25, -0.2) is 4.79 Å². The number of halogens is 2. The smallest absolute Gasteiger partial charge is 0.416 e. The molecule has 216 valence electrons. The van der Waals surface area contributed by atoms with Gasteiger partial charge in [0.1, 0.15) is 17.5 Å².